The molecule has 1 aromatic carbocycles. The first-order chi connectivity index (χ1) is 14.0. The van der Waals surface area contributed by atoms with E-state index < -0.39 is 12.0 Å². The highest BCUT2D eigenvalue weighted by atomic mass is 127. The molecule has 3 heterocycles. The van der Waals surface area contributed by atoms with E-state index in [4.69, 9.17) is 14.2 Å². The molecule has 30 heavy (non-hydrogen) atoms. The zero-order valence-corrected chi connectivity index (χ0v) is 20.0. The predicted molar refractivity (Wildman–Crippen MR) is 107 cm³/mol. The largest absolute Gasteiger partial charge is 1.00 e. The first kappa shape index (κ1) is 23.3. The van der Waals surface area contributed by atoms with E-state index >= 15 is 0 Å². The van der Waals surface area contributed by atoms with Gasteiger partial charge in [-0.05, 0) is 31.7 Å². The average molecular weight is 529 g/mol. The molecule has 3 aliphatic heterocycles. The number of carbonyl (C=O) groups excluding carboxylic acids is 2. The van der Waals surface area contributed by atoms with Crippen molar-refractivity contribution < 1.29 is 52.3 Å². The quantitative estimate of drug-likeness (QED) is 0.311. The Hall–Kier alpha value is -1.35. The molecule has 3 saturated heterocycles. The average Bonchev–Trinajstić information content (AvgIpc) is 3.13. The van der Waals surface area contributed by atoms with E-state index in [0.717, 1.165) is 16.5 Å². The van der Waals surface area contributed by atoms with Gasteiger partial charge in [0.2, 0.25) is 0 Å². The summed E-state index contributed by atoms with van der Waals surface area (Å²) >= 11 is 0. The van der Waals surface area contributed by atoms with Crippen molar-refractivity contribution in [3.05, 3.63) is 29.8 Å². The monoisotopic (exact) mass is 529 g/mol. The van der Waals surface area contributed by atoms with Crippen molar-refractivity contribution in [2.75, 3.05) is 33.9 Å². The number of carbonyl (C=O) groups is 2. The Labute approximate surface area is 195 Å². The Balaban J connectivity index is 0.00000256. The van der Waals surface area contributed by atoms with Gasteiger partial charge in [0.05, 0.1) is 46.3 Å². The summed E-state index contributed by atoms with van der Waals surface area (Å²) in [6.45, 7) is 2.91. The number of esters is 2. The van der Waals surface area contributed by atoms with Crippen LogP contribution in [0.25, 0.3) is 0 Å². The van der Waals surface area contributed by atoms with Gasteiger partial charge < -0.3 is 42.7 Å². The highest BCUT2D eigenvalue weighted by molar-refractivity contribution is 5.84. The summed E-state index contributed by atoms with van der Waals surface area (Å²) in [4.78, 5) is 25.0. The van der Waals surface area contributed by atoms with E-state index in [9.17, 15) is 9.59 Å². The third kappa shape index (κ3) is 4.61. The van der Waals surface area contributed by atoms with Crippen molar-refractivity contribution in [1.29, 1.82) is 0 Å². The van der Waals surface area contributed by atoms with Gasteiger partial charge in [0.1, 0.15) is 17.8 Å². The Bertz CT molecular complexity index is 768. The van der Waals surface area contributed by atoms with Gasteiger partial charge in [-0.2, -0.15) is 0 Å². The number of piperidine rings is 2. The molecule has 3 fully saturated rings. The molecule has 0 spiro atoms. The molecule has 3 aliphatic rings. The van der Waals surface area contributed by atoms with Crippen LogP contribution in [0.5, 0.6) is 5.75 Å². The van der Waals surface area contributed by atoms with Gasteiger partial charge in [0, 0.05) is 17.9 Å². The molecule has 7 heteroatoms. The molecule has 0 radical (unpaired) electrons. The molecule has 166 valence electrons. The number of halogens is 1. The molecular weight excluding hydrogens is 497 g/mol. The number of benzene rings is 1. The van der Waals surface area contributed by atoms with Crippen molar-refractivity contribution in [2.45, 2.75) is 50.7 Å². The van der Waals surface area contributed by atoms with E-state index in [1.165, 1.54) is 38.8 Å². The maximum Gasteiger partial charge on any atom is 0.313 e. The second-order valence-corrected chi connectivity index (χ2v) is 8.99. The fourth-order valence-electron chi connectivity index (χ4n) is 5.67. The van der Waals surface area contributed by atoms with Crippen molar-refractivity contribution in [3.8, 4) is 5.75 Å². The standard InChI is InChI=1S/C23H32NO5.HI/c1-24-12-6-5-10-19(24)16(8-7-13-24)15-28-23(26)18-14-21(25)29-22(18)17-9-3-4-11-20(17)27-2;/h3-4,9,11,16,18-19,22H,5-8,10,12-15H2,1-2H3;1H/q+1;/p-1/t16-,18?,19+,22?,24?;/m0./s1. The van der Waals surface area contributed by atoms with Crippen LogP contribution in [0.1, 0.15) is 50.2 Å². The maximum absolute atomic E-state index is 13.0. The molecule has 6 nitrogen and oxygen atoms in total. The number of hydrogen-bond donors (Lipinski definition) is 0. The molecule has 1 aromatic rings. The molecule has 5 atom stereocenters. The van der Waals surface area contributed by atoms with E-state index in [-0.39, 0.29) is 42.3 Å². The smallest absolute Gasteiger partial charge is 0.313 e. The molecule has 0 bridgehead atoms. The van der Waals surface area contributed by atoms with Crippen LogP contribution < -0.4 is 28.7 Å². The van der Waals surface area contributed by atoms with E-state index in [1.54, 1.807) is 7.11 Å². The first-order valence-corrected chi connectivity index (χ1v) is 10.8. The second-order valence-electron chi connectivity index (χ2n) is 8.99. The summed E-state index contributed by atoms with van der Waals surface area (Å²) in [6.07, 6.45) is 5.49. The van der Waals surface area contributed by atoms with Crippen molar-refractivity contribution in [3.63, 3.8) is 0 Å². The van der Waals surface area contributed by atoms with Gasteiger partial charge in [-0.15, -0.1) is 0 Å². The van der Waals surface area contributed by atoms with E-state index in [1.807, 2.05) is 24.3 Å². The fraction of sp³-hybridized carbons (Fsp3) is 0.652. The topological polar surface area (TPSA) is 61.8 Å². The highest BCUT2D eigenvalue weighted by Gasteiger charge is 2.46. The predicted octanol–water partition coefficient (Wildman–Crippen LogP) is 0.256. The van der Waals surface area contributed by atoms with Crippen LogP contribution in [0.15, 0.2) is 24.3 Å². The van der Waals surface area contributed by atoms with Crippen molar-refractivity contribution >= 4 is 11.9 Å². The van der Waals surface area contributed by atoms with E-state index in [0.29, 0.717) is 24.3 Å². The number of quaternary nitrogens is 1. The van der Waals surface area contributed by atoms with Gasteiger partial charge in [-0.3, -0.25) is 9.59 Å². The molecular formula is C23H32INO5. The Morgan fingerprint density at radius 2 is 1.93 bits per heavy atom. The fourth-order valence-corrected chi connectivity index (χ4v) is 5.67. The minimum absolute atomic E-state index is 0. The maximum atomic E-state index is 13.0. The number of methoxy groups -OCH3 is 1. The van der Waals surface area contributed by atoms with Crippen LogP contribution in [0, 0.1) is 11.8 Å². The van der Waals surface area contributed by atoms with Gasteiger partial charge in [0.25, 0.3) is 0 Å². The number of para-hydroxylation sites is 1. The molecule has 0 saturated carbocycles. The lowest BCUT2D eigenvalue weighted by atomic mass is 9.82. The Morgan fingerprint density at radius 3 is 2.73 bits per heavy atom. The highest BCUT2D eigenvalue weighted by Crippen LogP contribution is 2.41. The summed E-state index contributed by atoms with van der Waals surface area (Å²) in [5.74, 6) is -0.290. The van der Waals surface area contributed by atoms with Crippen LogP contribution >= 0.6 is 0 Å². The number of nitrogens with zero attached hydrogens (tertiary/aromatic N) is 1. The summed E-state index contributed by atoms with van der Waals surface area (Å²) < 4.78 is 17.8. The minimum atomic E-state index is -0.645. The number of rotatable bonds is 5. The van der Waals surface area contributed by atoms with Crippen molar-refractivity contribution in [1.82, 2.24) is 0 Å². The van der Waals surface area contributed by atoms with Crippen LogP contribution in [-0.2, 0) is 19.1 Å². The molecule has 0 N–H and O–H groups in total. The van der Waals surface area contributed by atoms with Gasteiger partial charge in [0.15, 0.2) is 0 Å². The van der Waals surface area contributed by atoms with Gasteiger partial charge >= 0.3 is 11.9 Å². The first-order valence-electron chi connectivity index (χ1n) is 10.8. The molecule has 0 aliphatic carbocycles. The minimum Gasteiger partial charge on any atom is -1.00 e. The third-order valence-electron chi connectivity index (χ3n) is 7.21. The summed E-state index contributed by atoms with van der Waals surface area (Å²) in [5, 5.41) is 0. The van der Waals surface area contributed by atoms with Crippen molar-refractivity contribution in [2.24, 2.45) is 11.8 Å². The zero-order valence-electron chi connectivity index (χ0n) is 17.8. The normalized spacial score (nSPS) is 33.1. The lowest BCUT2D eigenvalue weighted by Crippen LogP contribution is -3.00. The molecule has 3 unspecified atom stereocenters. The van der Waals surface area contributed by atoms with Crippen LogP contribution in [0.2, 0.25) is 0 Å². The van der Waals surface area contributed by atoms with Crippen LogP contribution in [0.4, 0.5) is 0 Å². The lowest BCUT2D eigenvalue weighted by molar-refractivity contribution is -0.947. The van der Waals surface area contributed by atoms with Crippen LogP contribution in [0.3, 0.4) is 0 Å². The molecule has 0 amide bonds. The number of fused-ring (bicyclic) bond motifs is 1. The number of hydrogen-bond acceptors (Lipinski definition) is 5. The van der Waals surface area contributed by atoms with Crippen LogP contribution in [-0.4, -0.2) is 56.3 Å². The summed E-state index contributed by atoms with van der Waals surface area (Å²) in [5.41, 5.74) is 0.719. The third-order valence-corrected chi connectivity index (χ3v) is 7.21. The summed E-state index contributed by atoms with van der Waals surface area (Å²) in [7, 11) is 3.93. The molecule has 0 aromatic heterocycles. The molecule has 4 rings (SSSR count). The Morgan fingerprint density at radius 1 is 1.17 bits per heavy atom. The number of cyclic esters (lactones) is 1. The number of ether oxygens (including phenoxy) is 3. The SMILES string of the molecule is COc1ccccc1C1OC(=O)CC1C(=O)OC[C@@H]1CCC[N+]2(C)CCCC[C@H]12.[I-]. The summed E-state index contributed by atoms with van der Waals surface area (Å²) in [6, 6.07) is 7.95. The lowest BCUT2D eigenvalue weighted by Gasteiger charge is -2.51. The Kier molecular flexibility index (Phi) is 7.66. The second kappa shape index (κ2) is 9.85. The zero-order chi connectivity index (χ0) is 20.4. The van der Waals surface area contributed by atoms with Gasteiger partial charge in [-0.25, -0.2) is 0 Å². The van der Waals surface area contributed by atoms with Gasteiger partial charge in [-0.1, -0.05) is 18.2 Å². The van der Waals surface area contributed by atoms with E-state index in [2.05, 4.69) is 7.05 Å².